The van der Waals surface area contributed by atoms with E-state index in [4.69, 9.17) is 4.52 Å². The first kappa shape index (κ1) is 16.5. The average Bonchev–Trinajstić information content (AvgIpc) is 3.41. The molecular formula is C19H27N5O. The van der Waals surface area contributed by atoms with Crippen molar-refractivity contribution in [1.29, 1.82) is 0 Å². The van der Waals surface area contributed by atoms with Crippen LogP contribution in [-0.2, 0) is 6.54 Å². The SMILES string of the molecule is CN(CCN1CCN(c2ccccc2)CC1)Cc1nc(C2CC2)no1. The zero-order chi connectivity index (χ0) is 17.1. The van der Waals surface area contributed by atoms with Crippen molar-refractivity contribution in [3.05, 3.63) is 42.0 Å². The van der Waals surface area contributed by atoms with E-state index in [1.54, 1.807) is 0 Å². The van der Waals surface area contributed by atoms with Crippen molar-refractivity contribution in [2.45, 2.75) is 25.3 Å². The Morgan fingerprint density at radius 1 is 1.12 bits per heavy atom. The van der Waals surface area contributed by atoms with Crippen LogP contribution in [0.4, 0.5) is 5.69 Å². The second kappa shape index (κ2) is 7.54. The normalized spacial score (nSPS) is 18.9. The number of hydrogen-bond acceptors (Lipinski definition) is 6. The highest BCUT2D eigenvalue weighted by Gasteiger charge is 2.28. The summed E-state index contributed by atoms with van der Waals surface area (Å²) in [7, 11) is 2.13. The lowest BCUT2D eigenvalue weighted by Crippen LogP contribution is -2.48. The molecule has 2 aliphatic rings. The summed E-state index contributed by atoms with van der Waals surface area (Å²) >= 11 is 0. The molecule has 6 nitrogen and oxygen atoms in total. The van der Waals surface area contributed by atoms with E-state index in [2.05, 4.69) is 62.2 Å². The molecule has 1 aliphatic heterocycles. The largest absolute Gasteiger partial charge is 0.369 e. The molecule has 0 bridgehead atoms. The summed E-state index contributed by atoms with van der Waals surface area (Å²) < 4.78 is 5.37. The van der Waals surface area contributed by atoms with Crippen molar-refractivity contribution in [2.24, 2.45) is 0 Å². The zero-order valence-electron chi connectivity index (χ0n) is 15.0. The molecule has 4 rings (SSSR count). The topological polar surface area (TPSA) is 48.6 Å². The predicted molar refractivity (Wildman–Crippen MR) is 97.7 cm³/mol. The van der Waals surface area contributed by atoms with Crippen molar-refractivity contribution < 1.29 is 4.52 Å². The van der Waals surface area contributed by atoms with Crippen molar-refractivity contribution in [1.82, 2.24) is 19.9 Å². The lowest BCUT2D eigenvalue weighted by molar-refractivity contribution is 0.200. The van der Waals surface area contributed by atoms with E-state index in [-0.39, 0.29) is 0 Å². The van der Waals surface area contributed by atoms with Gasteiger partial charge in [-0.15, -0.1) is 0 Å². The molecule has 0 amide bonds. The van der Waals surface area contributed by atoms with Gasteiger partial charge in [0.05, 0.1) is 6.54 Å². The number of piperazine rings is 1. The molecule has 2 fully saturated rings. The van der Waals surface area contributed by atoms with E-state index in [0.717, 1.165) is 57.5 Å². The fourth-order valence-electron chi connectivity index (χ4n) is 3.33. The van der Waals surface area contributed by atoms with Crippen molar-refractivity contribution in [3.63, 3.8) is 0 Å². The van der Waals surface area contributed by atoms with Gasteiger partial charge in [0.25, 0.3) is 0 Å². The number of benzene rings is 1. The van der Waals surface area contributed by atoms with Gasteiger partial charge in [-0.25, -0.2) is 0 Å². The van der Waals surface area contributed by atoms with Gasteiger partial charge in [0.1, 0.15) is 0 Å². The van der Waals surface area contributed by atoms with Gasteiger partial charge in [-0.1, -0.05) is 23.4 Å². The monoisotopic (exact) mass is 341 g/mol. The number of nitrogens with zero attached hydrogens (tertiary/aromatic N) is 5. The second-order valence-corrected chi connectivity index (χ2v) is 7.22. The minimum absolute atomic E-state index is 0.559. The third-order valence-electron chi connectivity index (χ3n) is 5.12. The third kappa shape index (κ3) is 4.38. The van der Waals surface area contributed by atoms with Crippen molar-refractivity contribution >= 4 is 5.69 Å². The molecule has 1 aromatic carbocycles. The van der Waals surface area contributed by atoms with Gasteiger partial charge in [0.15, 0.2) is 5.82 Å². The quantitative estimate of drug-likeness (QED) is 0.769. The first-order valence-corrected chi connectivity index (χ1v) is 9.31. The van der Waals surface area contributed by atoms with Gasteiger partial charge < -0.3 is 9.42 Å². The Balaban J connectivity index is 1.18. The summed E-state index contributed by atoms with van der Waals surface area (Å²) in [6.45, 7) is 7.29. The van der Waals surface area contributed by atoms with Gasteiger partial charge in [0, 0.05) is 50.9 Å². The minimum Gasteiger partial charge on any atom is -0.369 e. The molecule has 2 heterocycles. The Morgan fingerprint density at radius 2 is 1.88 bits per heavy atom. The molecule has 0 radical (unpaired) electrons. The highest BCUT2D eigenvalue weighted by molar-refractivity contribution is 5.46. The highest BCUT2D eigenvalue weighted by Crippen LogP contribution is 2.38. The van der Waals surface area contributed by atoms with Crippen LogP contribution < -0.4 is 4.90 Å². The molecule has 0 N–H and O–H groups in total. The maximum absolute atomic E-state index is 5.37. The Hall–Kier alpha value is -1.92. The van der Waals surface area contributed by atoms with Gasteiger partial charge in [0.2, 0.25) is 5.89 Å². The van der Waals surface area contributed by atoms with Gasteiger partial charge in [-0.2, -0.15) is 4.98 Å². The molecule has 0 spiro atoms. The molecule has 2 aromatic rings. The van der Waals surface area contributed by atoms with E-state index < -0.39 is 0 Å². The smallest absolute Gasteiger partial charge is 0.240 e. The first-order chi connectivity index (χ1) is 12.3. The number of anilines is 1. The van der Waals surface area contributed by atoms with Crippen molar-refractivity contribution in [3.8, 4) is 0 Å². The number of hydrogen-bond donors (Lipinski definition) is 0. The van der Waals surface area contributed by atoms with E-state index >= 15 is 0 Å². The van der Waals surface area contributed by atoms with Crippen LogP contribution in [0, 0.1) is 0 Å². The summed E-state index contributed by atoms with van der Waals surface area (Å²) in [5.41, 5.74) is 1.34. The lowest BCUT2D eigenvalue weighted by atomic mass is 10.2. The second-order valence-electron chi connectivity index (χ2n) is 7.22. The van der Waals surface area contributed by atoms with Crippen LogP contribution in [0.5, 0.6) is 0 Å². The van der Waals surface area contributed by atoms with Crippen LogP contribution in [0.15, 0.2) is 34.9 Å². The Morgan fingerprint density at radius 3 is 2.60 bits per heavy atom. The van der Waals surface area contributed by atoms with Gasteiger partial charge in [-0.05, 0) is 32.0 Å². The molecule has 1 saturated heterocycles. The third-order valence-corrected chi connectivity index (χ3v) is 5.12. The van der Waals surface area contributed by atoms with Crippen LogP contribution in [0.1, 0.15) is 30.5 Å². The summed E-state index contributed by atoms with van der Waals surface area (Å²) in [6.07, 6.45) is 2.42. The fraction of sp³-hybridized carbons (Fsp3) is 0.579. The van der Waals surface area contributed by atoms with Crippen LogP contribution in [0.25, 0.3) is 0 Å². The highest BCUT2D eigenvalue weighted by atomic mass is 16.5. The van der Waals surface area contributed by atoms with Gasteiger partial charge in [-0.3, -0.25) is 9.80 Å². The maximum Gasteiger partial charge on any atom is 0.240 e. The molecule has 6 heteroatoms. The van der Waals surface area contributed by atoms with E-state index in [0.29, 0.717) is 5.92 Å². The van der Waals surface area contributed by atoms with E-state index in [1.165, 1.54) is 18.5 Å². The Bertz CT molecular complexity index is 661. The van der Waals surface area contributed by atoms with Crippen molar-refractivity contribution in [2.75, 3.05) is 51.2 Å². The van der Waals surface area contributed by atoms with Gasteiger partial charge >= 0.3 is 0 Å². The van der Waals surface area contributed by atoms with Crippen LogP contribution in [-0.4, -0.2) is 66.3 Å². The zero-order valence-corrected chi connectivity index (χ0v) is 15.0. The molecular weight excluding hydrogens is 314 g/mol. The number of para-hydroxylation sites is 1. The molecule has 1 saturated carbocycles. The number of likely N-dealkylation sites (N-methyl/N-ethyl adjacent to an activating group) is 1. The average molecular weight is 341 g/mol. The molecule has 1 aliphatic carbocycles. The minimum atomic E-state index is 0.559. The Kier molecular flexibility index (Phi) is 4.99. The fourth-order valence-corrected chi connectivity index (χ4v) is 3.33. The molecule has 0 unspecified atom stereocenters. The van der Waals surface area contributed by atoms with Crippen LogP contribution in [0.3, 0.4) is 0 Å². The molecule has 25 heavy (non-hydrogen) atoms. The summed E-state index contributed by atoms with van der Waals surface area (Å²) in [5, 5.41) is 4.09. The number of aromatic nitrogens is 2. The Labute approximate surface area is 149 Å². The van der Waals surface area contributed by atoms with Crippen LogP contribution >= 0.6 is 0 Å². The molecule has 0 atom stereocenters. The lowest BCUT2D eigenvalue weighted by Gasteiger charge is -2.36. The first-order valence-electron chi connectivity index (χ1n) is 9.31. The molecule has 1 aromatic heterocycles. The summed E-state index contributed by atoms with van der Waals surface area (Å²) in [6, 6.07) is 10.7. The predicted octanol–water partition coefficient (Wildman–Crippen LogP) is 2.20. The summed E-state index contributed by atoms with van der Waals surface area (Å²) in [5.74, 6) is 2.21. The maximum atomic E-state index is 5.37. The molecule has 134 valence electrons. The number of rotatable bonds is 7. The van der Waals surface area contributed by atoms with E-state index in [1.807, 2.05) is 0 Å². The summed E-state index contributed by atoms with van der Waals surface area (Å²) in [4.78, 5) is 11.8. The standard InChI is InChI=1S/C19H27N5O/c1-22(15-18-20-19(21-25-18)16-7-8-16)9-10-23-11-13-24(14-12-23)17-5-3-2-4-6-17/h2-6,16H,7-15H2,1H3. The van der Waals surface area contributed by atoms with Crippen LogP contribution in [0.2, 0.25) is 0 Å². The van der Waals surface area contributed by atoms with E-state index in [9.17, 15) is 0 Å².